The fourth-order valence-electron chi connectivity index (χ4n) is 1.36. The number of hydrogen-bond donors (Lipinski definition) is 1. The molecule has 0 saturated carbocycles. The lowest BCUT2D eigenvalue weighted by Crippen LogP contribution is -2.21. The highest BCUT2D eigenvalue weighted by molar-refractivity contribution is 5.70. The SMILES string of the molecule is COCCCOCCC(C(=O)O)C(C)C. The highest BCUT2D eigenvalue weighted by Gasteiger charge is 2.20. The third-order valence-corrected chi connectivity index (χ3v) is 2.33. The summed E-state index contributed by atoms with van der Waals surface area (Å²) in [6.07, 6.45) is 1.44. The van der Waals surface area contributed by atoms with E-state index in [4.69, 9.17) is 14.6 Å². The van der Waals surface area contributed by atoms with E-state index in [9.17, 15) is 4.79 Å². The van der Waals surface area contributed by atoms with Crippen LogP contribution in [-0.4, -0.2) is 38.0 Å². The van der Waals surface area contributed by atoms with E-state index in [-0.39, 0.29) is 11.8 Å². The molecule has 0 aromatic carbocycles. The Labute approximate surface area is 91.6 Å². The Hall–Kier alpha value is -0.610. The summed E-state index contributed by atoms with van der Waals surface area (Å²) in [6, 6.07) is 0. The van der Waals surface area contributed by atoms with E-state index in [1.807, 2.05) is 13.8 Å². The van der Waals surface area contributed by atoms with Gasteiger partial charge in [-0.2, -0.15) is 0 Å². The molecule has 0 aliphatic carbocycles. The van der Waals surface area contributed by atoms with Crippen molar-refractivity contribution in [2.75, 3.05) is 26.9 Å². The molecule has 0 fully saturated rings. The summed E-state index contributed by atoms with van der Waals surface area (Å²) in [5.74, 6) is -0.872. The summed E-state index contributed by atoms with van der Waals surface area (Å²) in [5.41, 5.74) is 0. The van der Waals surface area contributed by atoms with Crippen molar-refractivity contribution in [2.45, 2.75) is 26.7 Å². The van der Waals surface area contributed by atoms with Gasteiger partial charge in [0.15, 0.2) is 0 Å². The molecular weight excluding hydrogens is 196 g/mol. The predicted molar refractivity (Wildman–Crippen MR) is 57.9 cm³/mol. The first kappa shape index (κ1) is 14.4. The van der Waals surface area contributed by atoms with E-state index in [1.165, 1.54) is 0 Å². The number of aliphatic carboxylic acids is 1. The van der Waals surface area contributed by atoms with Gasteiger partial charge in [-0.05, 0) is 18.8 Å². The monoisotopic (exact) mass is 218 g/mol. The average Bonchev–Trinajstić information content (AvgIpc) is 2.15. The topological polar surface area (TPSA) is 55.8 Å². The van der Waals surface area contributed by atoms with Crippen molar-refractivity contribution in [3.63, 3.8) is 0 Å². The lowest BCUT2D eigenvalue weighted by Gasteiger charge is -2.15. The highest BCUT2D eigenvalue weighted by atomic mass is 16.5. The largest absolute Gasteiger partial charge is 0.481 e. The Morgan fingerprint density at radius 2 is 1.93 bits per heavy atom. The highest BCUT2D eigenvalue weighted by Crippen LogP contribution is 2.15. The molecule has 0 aromatic heterocycles. The Kier molecular flexibility index (Phi) is 8.33. The zero-order valence-electron chi connectivity index (χ0n) is 9.86. The Bertz CT molecular complexity index is 168. The van der Waals surface area contributed by atoms with Gasteiger partial charge in [0.2, 0.25) is 0 Å². The van der Waals surface area contributed by atoms with Gasteiger partial charge in [0.05, 0.1) is 5.92 Å². The maximum Gasteiger partial charge on any atom is 0.306 e. The Balaban J connectivity index is 3.50. The Morgan fingerprint density at radius 3 is 2.40 bits per heavy atom. The first-order chi connectivity index (χ1) is 7.09. The second kappa shape index (κ2) is 8.68. The zero-order valence-corrected chi connectivity index (χ0v) is 9.86. The smallest absolute Gasteiger partial charge is 0.306 e. The molecule has 0 aliphatic rings. The van der Waals surface area contributed by atoms with Gasteiger partial charge in [0.1, 0.15) is 0 Å². The van der Waals surface area contributed by atoms with Crippen LogP contribution in [0.5, 0.6) is 0 Å². The van der Waals surface area contributed by atoms with Crippen molar-refractivity contribution >= 4 is 5.97 Å². The molecule has 0 saturated heterocycles. The first-order valence-electron chi connectivity index (χ1n) is 5.39. The summed E-state index contributed by atoms with van der Waals surface area (Å²) in [7, 11) is 1.65. The van der Waals surface area contributed by atoms with Gasteiger partial charge in [0, 0.05) is 26.9 Å². The van der Waals surface area contributed by atoms with E-state index < -0.39 is 5.97 Å². The van der Waals surface area contributed by atoms with Gasteiger partial charge in [-0.1, -0.05) is 13.8 Å². The third-order valence-electron chi connectivity index (χ3n) is 2.33. The van der Waals surface area contributed by atoms with Crippen molar-refractivity contribution in [1.29, 1.82) is 0 Å². The molecule has 15 heavy (non-hydrogen) atoms. The standard InChI is InChI=1S/C11H22O4/c1-9(2)10(11(12)13)5-8-15-7-4-6-14-3/h9-10H,4-8H2,1-3H3,(H,12,13). The molecule has 4 heteroatoms. The van der Waals surface area contributed by atoms with E-state index in [0.717, 1.165) is 6.42 Å². The normalized spacial score (nSPS) is 13.1. The fraction of sp³-hybridized carbons (Fsp3) is 0.909. The molecule has 0 aliphatic heterocycles. The zero-order chi connectivity index (χ0) is 11.7. The fourth-order valence-corrected chi connectivity index (χ4v) is 1.36. The molecule has 0 bridgehead atoms. The van der Waals surface area contributed by atoms with Crippen LogP contribution in [0.15, 0.2) is 0 Å². The predicted octanol–water partition coefficient (Wildman–Crippen LogP) is 1.79. The third kappa shape index (κ3) is 7.33. The number of ether oxygens (including phenoxy) is 2. The summed E-state index contributed by atoms with van der Waals surface area (Å²) < 4.78 is 10.2. The molecular formula is C11H22O4. The van der Waals surface area contributed by atoms with Crippen LogP contribution < -0.4 is 0 Å². The quantitative estimate of drug-likeness (QED) is 0.599. The maximum absolute atomic E-state index is 10.8. The summed E-state index contributed by atoms with van der Waals surface area (Å²) >= 11 is 0. The van der Waals surface area contributed by atoms with Crippen LogP contribution in [0, 0.1) is 11.8 Å². The molecule has 0 heterocycles. The maximum atomic E-state index is 10.8. The van der Waals surface area contributed by atoms with Crippen molar-refractivity contribution in [3.05, 3.63) is 0 Å². The molecule has 0 amide bonds. The van der Waals surface area contributed by atoms with Crippen LogP contribution in [0.3, 0.4) is 0 Å². The minimum absolute atomic E-state index is 0.157. The Morgan fingerprint density at radius 1 is 1.27 bits per heavy atom. The number of carbonyl (C=O) groups is 1. The van der Waals surface area contributed by atoms with Crippen molar-refractivity contribution in [1.82, 2.24) is 0 Å². The molecule has 0 spiro atoms. The van der Waals surface area contributed by atoms with Crippen molar-refractivity contribution in [3.8, 4) is 0 Å². The summed E-state index contributed by atoms with van der Waals surface area (Å²) in [6.45, 7) is 5.68. The summed E-state index contributed by atoms with van der Waals surface area (Å²) in [5, 5.41) is 8.91. The lowest BCUT2D eigenvalue weighted by atomic mass is 9.93. The van der Waals surface area contributed by atoms with Crippen LogP contribution in [-0.2, 0) is 14.3 Å². The molecule has 0 aromatic rings. The minimum atomic E-state index is -0.731. The van der Waals surface area contributed by atoms with Gasteiger partial charge in [0.25, 0.3) is 0 Å². The van der Waals surface area contributed by atoms with Crippen LogP contribution in [0.1, 0.15) is 26.7 Å². The minimum Gasteiger partial charge on any atom is -0.481 e. The van der Waals surface area contributed by atoms with Gasteiger partial charge in [-0.25, -0.2) is 0 Å². The van der Waals surface area contributed by atoms with Gasteiger partial charge < -0.3 is 14.6 Å². The van der Waals surface area contributed by atoms with E-state index >= 15 is 0 Å². The van der Waals surface area contributed by atoms with E-state index in [2.05, 4.69) is 0 Å². The van der Waals surface area contributed by atoms with Crippen LogP contribution in [0.2, 0.25) is 0 Å². The number of hydrogen-bond acceptors (Lipinski definition) is 3. The number of carboxylic acids is 1. The molecule has 1 N–H and O–H groups in total. The van der Waals surface area contributed by atoms with Gasteiger partial charge in [-0.3, -0.25) is 4.79 Å². The van der Waals surface area contributed by atoms with Crippen LogP contribution in [0.4, 0.5) is 0 Å². The van der Waals surface area contributed by atoms with Crippen molar-refractivity contribution < 1.29 is 19.4 Å². The first-order valence-corrected chi connectivity index (χ1v) is 5.39. The van der Waals surface area contributed by atoms with Crippen LogP contribution in [0.25, 0.3) is 0 Å². The molecule has 90 valence electrons. The summed E-state index contributed by atoms with van der Waals surface area (Å²) in [4.78, 5) is 10.8. The number of rotatable bonds is 9. The van der Waals surface area contributed by atoms with Crippen LogP contribution >= 0.6 is 0 Å². The number of methoxy groups -OCH3 is 1. The van der Waals surface area contributed by atoms with Crippen molar-refractivity contribution in [2.24, 2.45) is 11.8 Å². The molecule has 4 nitrogen and oxygen atoms in total. The van der Waals surface area contributed by atoms with E-state index in [1.54, 1.807) is 7.11 Å². The average molecular weight is 218 g/mol. The lowest BCUT2D eigenvalue weighted by molar-refractivity contribution is -0.144. The van der Waals surface area contributed by atoms with Gasteiger partial charge >= 0.3 is 5.97 Å². The molecule has 1 unspecified atom stereocenters. The van der Waals surface area contributed by atoms with E-state index in [0.29, 0.717) is 26.2 Å². The second-order valence-electron chi connectivity index (χ2n) is 3.94. The molecule has 0 radical (unpaired) electrons. The molecule has 0 rings (SSSR count). The second-order valence-corrected chi connectivity index (χ2v) is 3.94. The molecule has 1 atom stereocenters. The van der Waals surface area contributed by atoms with Gasteiger partial charge in [-0.15, -0.1) is 0 Å². The number of carboxylic acid groups (broad SMARTS) is 1.